The van der Waals surface area contributed by atoms with Crippen molar-refractivity contribution in [1.82, 2.24) is 4.98 Å². The van der Waals surface area contributed by atoms with Gasteiger partial charge in [-0.1, -0.05) is 18.2 Å². The largest absolute Gasteiger partial charge is 0.506 e. The highest BCUT2D eigenvalue weighted by molar-refractivity contribution is 5.97. The Hall–Kier alpha value is -2.40. The first-order chi connectivity index (χ1) is 10.8. The molecule has 0 bridgehead atoms. The Morgan fingerprint density at radius 2 is 2.09 bits per heavy atom. The summed E-state index contributed by atoms with van der Waals surface area (Å²) in [4.78, 5) is 18.6. The lowest BCUT2D eigenvalue weighted by Crippen LogP contribution is -2.38. The molecule has 3 rings (SSSR count). The first-order valence-corrected chi connectivity index (χ1v) is 7.36. The first-order valence-electron chi connectivity index (χ1n) is 7.36. The molecule has 1 N–H and O–H groups in total. The van der Waals surface area contributed by atoms with E-state index in [1.165, 1.54) is 0 Å². The summed E-state index contributed by atoms with van der Waals surface area (Å²) in [6.07, 6.45) is 2.84. The van der Waals surface area contributed by atoms with E-state index >= 15 is 0 Å². The van der Waals surface area contributed by atoms with Crippen molar-refractivity contribution in [3.05, 3.63) is 54.4 Å². The third-order valence-corrected chi connectivity index (χ3v) is 3.69. The molecule has 1 aliphatic rings. The molecule has 1 aliphatic heterocycles. The van der Waals surface area contributed by atoms with Crippen LogP contribution in [0.3, 0.4) is 0 Å². The summed E-state index contributed by atoms with van der Waals surface area (Å²) >= 11 is 0. The van der Waals surface area contributed by atoms with E-state index in [-0.39, 0.29) is 11.7 Å². The minimum Gasteiger partial charge on any atom is -0.506 e. The van der Waals surface area contributed by atoms with Crippen molar-refractivity contribution in [3.63, 3.8) is 0 Å². The van der Waals surface area contributed by atoms with Gasteiger partial charge < -0.3 is 14.7 Å². The van der Waals surface area contributed by atoms with E-state index in [2.05, 4.69) is 4.98 Å². The molecule has 1 aromatic heterocycles. The van der Waals surface area contributed by atoms with E-state index in [0.717, 1.165) is 12.1 Å². The van der Waals surface area contributed by atoms with Gasteiger partial charge in [-0.15, -0.1) is 0 Å². The lowest BCUT2D eigenvalue weighted by molar-refractivity contribution is -0.127. The predicted molar refractivity (Wildman–Crippen MR) is 82.5 cm³/mol. The molecular weight excluding hydrogens is 280 g/mol. The van der Waals surface area contributed by atoms with Crippen molar-refractivity contribution < 1.29 is 14.6 Å². The van der Waals surface area contributed by atoms with Gasteiger partial charge in [0.2, 0.25) is 0 Å². The molecule has 114 valence electrons. The predicted octanol–water partition coefficient (Wildman–Crippen LogP) is 2.50. The number of phenols is 1. The van der Waals surface area contributed by atoms with Crippen LogP contribution in [0.4, 0.5) is 5.69 Å². The molecule has 1 fully saturated rings. The van der Waals surface area contributed by atoms with E-state index in [1.54, 1.807) is 35.4 Å². The molecule has 1 saturated heterocycles. The number of carbonyl (C=O) groups excluding carboxylic acids is 1. The zero-order chi connectivity index (χ0) is 15.4. The smallest absolute Gasteiger partial charge is 0.256 e. The Kier molecular flexibility index (Phi) is 4.34. The van der Waals surface area contributed by atoms with Crippen LogP contribution in [0.5, 0.6) is 5.75 Å². The van der Waals surface area contributed by atoms with Gasteiger partial charge in [-0.3, -0.25) is 9.78 Å². The number of benzene rings is 1. The summed E-state index contributed by atoms with van der Waals surface area (Å²) in [5.41, 5.74) is 1.24. The molecule has 0 aliphatic carbocycles. The van der Waals surface area contributed by atoms with Crippen LogP contribution in [0, 0.1) is 0 Å². The number of aromatic hydroxyl groups is 1. The SMILES string of the molecule is O=C(C1CCCO1)N(Cc1ccccn1)c1ccccc1O. The molecule has 22 heavy (non-hydrogen) atoms. The Balaban J connectivity index is 1.91. The summed E-state index contributed by atoms with van der Waals surface area (Å²) in [6, 6.07) is 12.4. The van der Waals surface area contributed by atoms with Crippen molar-refractivity contribution in [3.8, 4) is 5.75 Å². The molecular formula is C17H18N2O3. The summed E-state index contributed by atoms with van der Waals surface area (Å²) in [7, 11) is 0. The molecule has 0 saturated carbocycles. The number of carbonyl (C=O) groups is 1. The maximum Gasteiger partial charge on any atom is 0.256 e. The van der Waals surface area contributed by atoms with Gasteiger partial charge in [0.15, 0.2) is 0 Å². The lowest BCUT2D eigenvalue weighted by Gasteiger charge is -2.25. The number of rotatable bonds is 4. The van der Waals surface area contributed by atoms with Gasteiger partial charge in [-0.25, -0.2) is 0 Å². The molecule has 1 amide bonds. The number of hydrogen-bond donors (Lipinski definition) is 1. The summed E-state index contributed by atoms with van der Waals surface area (Å²) in [5, 5.41) is 10.1. The molecule has 1 aromatic carbocycles. The second kappa shape index (κ2) is 6.58. The molecule has 1 atom stereocenters. The van der Waals surface area contributed by atoms with E-state index in [9.17, 15) is 9.90 Å². The first kappa shape index (κ1) is 14.5. The Bertz CT molecular complexity index is 639. The Labute approximate surface area is 129 Å². The number of aromatic nitrogens is 1. The summed E-state index contributed by atoms with van der Waals surface area (Å²) < 4.78 is 5.50. The number of anilines is 1. The fourth-order valence-corrected chi connectivity index (χ4v) is 2.57. The molecule has 0 radical (unpaired) electrons. The van der Waals surface area contributed by atoms with Crippen molar-refractivity contribution in [2.75, 3.05) is 11.5 Å². The number of hydrogen-bond acceptors (Lipinski definition) is 4. The highest BCUT2D eigenvalue weighted by atomic mass is 16.5. The number of phenolic OH excluding ortho intramolecular Hbond substituents is 1. The molecule has 5 nitrogen and oxygen atoms in total. The average molecular weight is 298 g/mol. The number of nitrogens with zero attached hydrogens (tertiary/aromatic N) is 2. The Morgan fingerprint density at radius 3 is 2.77 bits per heavy atom. The normalized spacial score (nSPS) is 17.4. The van der Waals surface area contributed by atoms with E-state index in [0.29, 0.717) is 25.3 Å². The van der Waals surface area contributed by atoms with E-state index in [4.69, 9.17) is 4.74 Å². The van der Waals surface area contributed by atoms with Crippen molar-refractivity contribution in [2.45, 2.75) is 25.5 Å². The van der Waals surface area contributed by atoms with E-state index in [1.807, 2.05) is 18.2 Å². The second-order valence-corrected chi connectivity index (χ2v) is 5.24. The van der Waals surface area contributed by atoms with Crippen LogP contribution in [0.25, 0.3) is 0 Å². The van der Waals surface area contributed by atoms with Crippen LogP contribution in [0.2, 0.25) is 0 Å². The highest BCUT2D eigenvalue weighted by Crippen LogP contribution is 2.29. The Morgan fingerprint density at radius 1 is 1.27 bits per heavy atom. The minimum atomic E-state index is -0.441. The minimum absolute atomic E-state index is 0.0739. The van der Waals surface area contributed by atoms with Crippen LogP contribution in [-0.2, 0) is 16.1 Å². The van der Waals surface area contributed by atoms with Crippen LogP contribution >= 0.6 is 0 Å². The molecule has 0 spiro atoms. The van der Waals surface area contributed by atoms with Gasteiger partial charge in [-0.2, -0.15) is 0 Å². The fourth-order valence-electron chi connectivity index (χ4n) is 2.57. The molecule has 1 unspecified atom stereocenters. The maximum absolute atomic E-state index is 12.8. The van der Waals surface area contributed by atoms with Gasteiger partial charge in [0.25, 0.3) is 5.91 Å². The van der Waals surface area contributed by atoms with Crippen LogP contribution < -0.4 is 4.90 Å². The summed E-state index contributed by atoms with van der Waals surface area (Å²) in [6.45, 7) is 0.908. The molecule has 5 heteroatoms. The monoisotopic (exact) mass is 298 g/mol. The quantitative estimate of drug-likeness (QED) is 0.942. The van der Waals surface area contributed by atoms with Gasteiger partial charge in [0.1, 0.15) is 11.9 Å². The summed E-state index contributed by atoms with van der Waals surface area (Å²) in [5.74, 6) is -0.0607. The van der Waals surface area contributed by atoms with E-state index < -0.39 is 6.10 Å². The number of amides is 1. The molecule has 2 aromatic rings. The standard InChI is InChI=1S/C17H18N2O3/c20-15-8-2-1-7-14(15)19(12-13-6-3-4-10-18-13)17(21)16-9-5-11-22-16/h1-4,6-8,10,16,20H,5,9,11-12H2. The van der Waals surface area contributed by atoms with Crippen LogP contribution in [-0.4, -0.2) is 28.7 Å². The van der Waals surface area contributed by atoms with Gasteiger partial charge in [0.05, 0.1) is 17.9 Å². The van der Waals surface area contributed by atoms with Gasteiger partial charge >= 0.3 is 0 Å². The number of ether oxygens (including phenoxy) is 1. The topological polar surface area (TPSA) is 62.7 Å². The fraction of sp³-hybridized carbons (Fsp3) is 0.294. The highest BCUT2D eigenvalue weighted by Gasteiger charge is 2.30. The second-order valence-electron chi connectivity index (χ2n) is 5.24. The van der Waals surface area contributed by atoms with Gasteiger partial charge in [0, 0.05) is 12.8 Å². The maximum atomic E-state index is 12.8. The van der Waals surface area contributed by atoms with Crippen LogP contribution in [0.15, 0.2) is 48.7 Å². The lowest BCUT2D eigenvalue weighted by atomic mass is 10.1. The zero-order valence-electron chi connectivity index (χ0n) is 12.2. The number of para-hydroxylation sites is 2. The van der Waals surface area contributed by atoms with Crippen LogP contribution in [0.1, 0.15) is 18.5 Å². The van der Waals surface area contributed by atoms with Crippen molar-refractivity contribution in [1.29, 1.82) is 0 Å². The van der Waals surface area contributed by atoms with Crippen molar-refractivity contribution in [2.24, 2.45) is 0 Å². The number of pyridine rings is 1. The third kappa shape index (κ3) is 3.09. The van der Waals surface area contributed by atoms with Crippen molar-refractivity contribution >= 4 is 11.6 Å². The van der Waals surface area contributed by atoms with Gasteiger partial charge in [-0.05, 0) is 37.1 Å². The zero-order valence-corrected chi connectivity index (χ0v) is 12.2. The average Bonchev–Trinajstić information content (AvgIpc) is 3.08. The third-order valence-electron chi connectivity index (χ3n) is 3.69. The molecule has 2 heterocycles.